The van der Waals surface area contributed by atoms with Gasteiger partial charge in [-0.05, 0) is 32.1 Å². The fourth-order valence-corrected chi connectivity index (χ4v) is 1.66. The van der Waals surface area contributed by atoms with Crippen molar-refractivity contribution in [2.75, 3.05) is 13.2 Å². The third kappa shape index (κ3) is 5.58. The Bertz CT molecular complexity index is 126. The molecule has 14 heavy (non-hydrogen) atoms. The van der Waals surface area contributed by atoms with E-state index in [1.807, 2.05) is 6.92 Å². The van der Waals surface area contributed by atoms with E-state index in [1.54, 1.807) is 6.92 Å². The molecule has 0 fully saturated rings. The highest BCUT2D eigenvalue weighted by atomic mass is 16.5. The summed E-state index contributed by atoms with van der Waals surface area (Å²) in [6.45, 7) is 8.79. The fourth-order valence-electron chi connectivity index (χ4n) is 1.66. The van der Waals surface area contributed by atoms with Gasteiger partial charge in [-0.3, -0.25) is 0 Å². The third-order valence-corrected chi connectivity index (χ3v) is 2.53. The van der Waals surface area contributed by atoms with Crippen molar-refractivity contribution < 1.29 is 14.9 Å². The summed E-state index contributed by atoms with van der Waals surface area (Å²) in [5.74, 6) is 0.525. The molecule has 0 aromatic carbocycles. The van der Waals surface area contributed by atoms with Gasteiger partial charge < -0.3 is 14.9 Å². The highest BCUT2D eigenvalue weighted by Crippen LogP contribution is 2.21. The third-order valence-electron chi connectivity index (χ3n) is 2.53. The van der Waals surface area contributed by atoms with Crippen molar-refractivity contribution in [3.05, 3.63) is 0 Å². The zero-order valence-electron chi connectivity index (χ0n) is 9.73. The number of rotatable bonds is 7. The predicted octanol–water partition coefficient (Wildman–Crippen LogP) is 1.43. The molecule has 0 bridgehead atoms. The second-order valence-corrected chi connectivity index (χ2v) is 4.20. The average molecular weight is 204 g/mol. The lowest BCUT2D eigenvalue weighted by Gasteiger charge is -2.26. The lowest BCUT2D eigenvalue weighted by atomic mass is 9.86. The van der Waals surface area contributed by atoms with Crippen molar-refractivity contribution in [2.45, 2.75) is 46.3 Å². The molecule has 0 rings (SSSR count). The highest BCUT2D eigenvalue weighted by molar-refractivity contribution is 4.72. The number of hydrogen-bond donors (Lipinski definition) is 2. The maximum absolute atomic E-state index is 9.61. The van der Waals surface area contributed by atoms with Crippen LogP contribution in [0.4, 0.5) is 0 Å². The Morgan fingerprint density at radius 2 is 1.71 bits per heavy atom. The van der Waals surface area contributed by atoms with Gasteiger partial charge in [0.15, 0.2) is 0 Å². The fraction of sp³-hybridized carbons (Fsp3) is 1.00. The van der Waals surface area contributed by atoms with Crippen molar-refractivity contribution in [3.63, 3.8) is 0 Å². The lowest BCUT2D eigenvalue weighted by Crippen LogP contribution is -2.29. The van der Waals surface area contributed by atoms with Crippen LogP contribution in [0, 0.1) is 11.8 Å². The summed E-state index contributed by atoms with van der Waals surface area (Å²) >= 11 is 0. The Balaban J connectivity index is 3.90. The molecule has 3 atom stereocenters. The average Bonchev–Trinajstić information content (AvgIpc) is 2.09. The summed E-state index contributed by atoms with van der Waals surface area (Å²) in [5.41, 5.74) is 0. The minimum Gasteiger partial charge on any atom is -0.393 e. The maximum Gasteiger partial charge on any atom is 0.0777 e. The van der Waals surface area contributed by atoms with E-state index in [-0.39, 0.29) is 12.0 Å². The first-order chi connectivity index (χ1) is 6.49. The maximum atomic E-state index is 9.61. The number of aliphatic hydroxyl groups is 2. The lowest BCUT2D eigenvalue weighted by molar-refractivity contribution is 0.00172. The molecule has 0 heterocycles. The molecular formula is C11H24O3. The molecule has 0 aliphatic carbocycles. The number of ether oxygens (including phenoxy) is 1. The van der Waals surface area contributed by atoms with Crippen LogP contribution in [-0.2, 0) is 4.74 Å². The SMILES string of the molecule is CCOCC(O)CC(C(C)C)C(C)O. The molecule has 0 aliphatic heterocycles. The second kappa shape index (κ2) is 7.21. The Kier molecular flexibility index (Phi) is 7.15. The first-order valence-corrected chi connectivity index (χ1v) is 5.42. The van der Waals surface area contributed by atoms with Gasteiger partial charge in [-0.2, -0.15) is 0 Å². The van der Waals surface area contributed by atoms with Crippen molar-refractivity contribution in [2.24, 2.45) is 11.8 Å². The van der Waals surface area contributed by atoms with Gasteiger partial charge in [0.1, 0.15) is 0 Å². The molecule has 3 heteroatoms. The first-order valence-electron chi connectivity index (χ1n) is 5.42. The Morgan fingerprint density at radius 3 is 2.07 bits per heavy atom. The van der Waals surface area contributed by atoms with E-state index in [1.165, 1.54) is 0 Å². The second-order valence-electron chi connectivity index (χ2n) is 4.20. The molecule has 3 nitrogen and oxygen atoms in total. The Labute approximate surface area is 87.1 Å². The topological polar surface area (TPSA) is 49.7 Å². The molecule has 0 aromatic rings. The van der Waals surface area contributed by atoms with Gasteiger partial charge in [-0.15, -0.1) is 0 Å². The van der Waals surface area contributed by atoms with Gasteiger partial charge in [0.05, 0.1) is 18.8 Å². The van der Waals surface area contributed by atoms with Crippen molar-refractivity contribution in [1.82, 2.24) is 0 Å². The van der Waals surface area contributed by atoms with Crippen molar-refractivity contribution in [3.8, 4) is 0 Å². The molecule has 0 amide bonds. The van der Waals surface area contributed by atoms with Crippen LogP contribution in [0.25, 0.3) is 0 Å². The predicted molar refractivity (Wildman–Crippen MR) is 57.1 cm³/mol. The summed E-state index contributed by atoms with van der Waals surface area (Å²) in [5, 5.41) is 19.1. The molecule has 86 valence electrons. The van der Waals surface area contributed by atoms with E-state index in [0.29, 0.717) is 25.6 Å². The van der Waals surface area contributed by atoms with Gasteiger partial charge in [-0.1, -0.05) is 13.8 Å². The number of hydrogen-bond acceptors (Lipinski definition) is 3. The van der Waals surface area contributed by atoms with Gasteiger partial charge in [0.2, 0.25) is 0 Å². The molecule has 0 saturated carbocycles. The zero-order valence-corrected chi connectivity index (χ0v) is 9.73. The summed E-state index contributed by atoms with van der Waals surface area (Å²) in [7, 11) is 0. The standard InChI is InChI=1S/C11H24O3/c1-5-14-7-10(13)6-11(8(2)3)9(4)12/h8-13H,5-7H2,1-4H3. The van der Waals surface area contributed by atoms with Gasteiger partial charge in [-0.25, -0.2) is 0 Å². The Hall–Kier alpha value is -0.120. The molecule has 3 unspecified atom stereocenters. The minimum atomic E-state index is -0.461. The summed E-state index contributed by atoms with van der Waals surface area (Å²) in [6, 6.07) is 0. The van der Waals surface area contributed by atoms with Gasteiger partial charge in [0.25, 0.3) is 0 Å². The normalized spacial score (nSPS) is 18.2. The summed E-state index contributed by atoms with van der Waals surface area (Å²) < 4.78 is 5.12. The van der Waals surface area contributed by atoms with E-state index in [0.717, 1.165) is 0 Å². The van der Waals surface area contributed by atoms with Crippen LogP contribution in [0.15, 0.2) is 0 Å². The van der Waals surface area contributed by atoms with Crippen molar-refractivity contribution in [1.29, 1.82) is 0 Å². The van der Waals surface area contributed by atoms with E-state index in [4.69, 9.17) is 4.74 Å². The molecule has 0 aromatic heterocycles. The molecule has 0 spiro atoms. The Morgan fingerprint density at radius 1 is 1.14 bits per heavy atom. The smallest absolute Gasteiger partial charge is 0.0777 e. The monoisotopic (exact) mass is 204 g/mol. The van der Waals surface area contributed by atoms with Crippen LogP contribution in [0.3, 0.4) is 0 Å². The molecule has 2 N–H and O–H groups in total. The van der Waals surface area contributed by atoms with Crippen LogP contribution in [0.5, 0.6) is 0 Å². The van der Waals surface area contributed by atoms with E-state index in [2.05, 4.69) is 13.8 Å². The van der Waals surface area contributed by atoms with Crippen LogP contribution in [-0.4, -0.2) is 35.6 Å². The van der Waals surface area contributed by atoms with Crippen LogP contribution < -0.4 is 0 Å². The largest absolute Gasteiger partial charge is 0.393 e. The van der Waals surface area contributed by atoms with Crippen LogP contribution >= 0.6 is 0 Å². The van der Waals surface area contributed by atoms with Crippen LogP contribution in [0.2, 0.25) is 0 Å². The van der Waals surface area contributed by atoms with Crippen molar-refractivity contribution >= 4 is 0 Å². The van der Waals surface area contributed by atoms with Crippen LogP contribution in [0.1, 0.15) is 34.1 Å². The number of aliphatic hydroxyl groups excluding tert-OH is 2. The quantitative estimate of drug-likeness (QED) is 0.659. The highest BCUT2D eigenvalue weighted by Gasteiger charge is 2.22. The van der Waals surface area contributed by atoms with E-state index < -0.39 is 6.10 Å². The molecular weight excluding hydrogens is 180 g/mol. The van der Waals surface area contributed by atoms with E-state index in [9.17, 15) is 10.2 Å². The zero-order chi connectivity index (χ0) is 11.1. The summed E-state index contributed by atoms with van der Waals surface area (Å²) in [6.07, 6.45) is -0.224. The van der Waals surface area contributed by atoms with Gasteiger partial charge >= 0.3 is 0 Å². The molecule has 0 aliphatic rings. The minimum absolute atomic E-state index is 0.144. The first kappa shape index (κ1) is 13.9. The van der Waals surface area contributed by atoms with Gasteiger partial charge in [0, 0.05) is 6.61 Å². The van der Waals surface area contributed by atoms with E-state index >= 15 is 0 Å². The molecule has 0 saturated heterocycles. The summed E-state index contributed by atoms with van der Waals surface area (Å²) in [4.78, 5) is 0. The molecule has 0 radical (unpaired) electrons.